The minimum Gasteiger partial charge on any atom is -0.444 e. The molecule has 0 radical (unpaired) electrons. The summed E-state index contributed by atoms with van der Waals surface area (Å²) in [5.74, 6) is 0.754. The zero-order chi connectivity index (χ0) is 32.4. The van der Waals surface area contributed by atoms with E-state index in [1.165, 1.54) is 22.8 Å². The standard InChI is InChI=1S/C35H42N7O4/c1-5-24-8-7-9-26-27-13-17-46-35(6-2,32(27)39-31(24)26)18-30(44)45-22-42-16-12-28-33(37-21-38-34(28)42)40(4)19-25-20-41(15-11-23(25)3)29(43)10-14-36/h7-9,12,16,19,21,23,25,39H,5-6,10-11,13,15,17-18,20,22H2,1-4H3/q+1/b40-19-/t23-,25?,35?/m1/s1. The molecule has 5 heterocycles. The van der Waals surface area contributed by atoms with Gasteiger partial charge < -0.3 is 19.4 Å². The quantitative estimate of drug-likeness (QED) is 0.158. The Kier molecular flexibility index (Phi) is 8.91. The number of H-pyrrole nitrogens is 1. The van der Waals surface area contributed by atoms with Crippen molar-refractivity contribution in [3.8, 4) is 6.07 Å². The highest BCUT2D eigenvalue weighted by Gasteiger charge is 2.41. The summed E-state index contributed by atoms with van der Waals surface area (Å²) in [6.45, 7) is 8.19. The van der Waals surface area contributed by atoms with Crippen LogP contribution in [0.1, 0.15) is 63.3 Å². The number of amides is 1. The van der Waals surface area contributed by atoms with Gasteiger partial charge in [-0.05, 0) is 53.8 Å². The number of nitriles is 1. The number of benzene rings is 1. The highest BCUT2D eigenvalue weighted by Crippen LogP contribution is 2.42. The maximum Gasteiger partial charge on any atom is 0.335 e. The molecule has 0 saturated carbocycles. The lowest BCUT2D eigenvalue weighted by atomic mass is 9.86. The number of carbonyl (C=O) groups is 2. The number of likely N-dealkylation sites (tertiary alicyclic amines) is 1. The molecule has 1 fully saturated rings. The second-order valence-corrected chi connectivity index (χ2v) is 12.5. The second kappa shape index (κ2) is 13.0. The number of aromatic amines is 1. The predicted octanol–water partition coefficient (Wildman–Crippen LogP) is 4.99. The normalized spacial score (nSPS) is 21.7. The Morgan fingerprint density at radius 1 is 1.26 bits per heavy atom. The van der Waals surface area contributed by atoms with E-state index in [9.17, 15) is 9.59 Å². The summed E-state index contributed by atoms with van der Waals surface area (Å²) in [7, 11) is 1.94. The summed E-state index contributed by atoms with van der Waals surface area (Å²) in [5.41, 5.74) is 4.49. The fourth-order valence-corrected chi connectivity index (χ4v) is 7.10. The van der Waals surface area contributed by atoms with E-state index < -0.39 is 5.60 Å². The van der Waals surface area contributed by atoms with Crippen LogP contribution in [0.25, 0.3) is 21.9 Å². The molecule has 0 spiro atoms. The summed E-state index contributed by atoms with van der Waals surface area (Å²) in [6, 6.07) is 10.3. The number of hydrogen-bond acceptors (Lipinski definition) is 7. The van der Waals surface area contributed by atoms with Crippen LogP contribution in [0.2, 0.25) is 0 Å². The molecule has 1 N–H and O–H groups in total. The van der Waals surface area contributed by atoms with Crippen molar-refractivity contribution in [2.45, 2.75) is 71.6 Å². The van der Waals surface area contributed by atoms with Gasteiger partial charge in [-0.3, -0.25) is 14.2 Å². The fraction of sp³-hybridized carbons (Fsp3) is 0.486. The van der Waals surface area contributed by atoms with Crippen LogP contribution in [0.4, 0.5) is 5.82 Å². The van der Waals surface area contributed by atoms with Gasteiger partial charge in [0.2, 0.25) is 12.2 Å². The molecule has 11 heteroatoms. The first-order valence-corrected chi connectivity index (χ1v) is 16.2. The minimum absolute atomic E-state index is 0.0151. The van der Waals surface area contributed by atoms with E-state index in [0.717, 1.165) is 41.7 Å². The number of piperidine rings is 1. The third kappa shape index (κ3) is 5.78. The van der Waals surface area contributed by atoms with Crippen molar-refractivity contribution in [2.24, 2.45) is 11.8 Å². The molecule has 0 aliphatic carbocycles. The van der Waals surface area contributed by atoms with Gasteiger partial charge in [-0.2, -0.15) is 10.2 Å². The number of aromatic nitrogens is 4. The molecule has 2 unspecified atom stereocenters. The topological polar surface area (TPSA) is 129 Å². The van der Waals surface area contributed by atoms with Gasteiger partial charge in [0.1, 0.15) is 17.4 Å². The highest BCUT2D eigenvalue weighted by molar-refractivity contribution is 5.88. The second-order valence-electron chi connectivity index (χ2n) is 12.5. The maximum absolute atomic E-state index is 13.4. The van der Waals surface area contributed by atoms with Crippen LogP contribution in [0.5, 0.6) is 0 Å². The molecule has 3 aromatic heterocycles. The zero-order valence-electron chi connectivity index (χ0n) is 27.1. The molecule has 46 heavy (non-hydrogen) atoms. The number of esters is 1. The van der Waals surface area contributed by atoms with Crippen molar-refractivity contribution >= 4 is 45.8 Å². The summed E-state index contributed by atoms with van der Waals surface area (Å²) in [5, 5.41) is 11.0. The summed E-state index contributed by atoms with van der Waals surface area (Å²) < 4.78 is 16.0. The van der Waals surface area contributed by atoms with Crippen molar-refractivity contribution in [2.75, 3.05) is 26.7 Å². The van der Waals surface area contributed by atoms with Crippen LogP contribution in [0.15, 0.2) is 36.8 Å². The third-order valence-corrected chi connectivity index (χ3v) is 9.84. The summed E-state index contributed by atoms with van der Waals surface area (Å²) in [4.78, 5) is 40.2. The lowest BCUT2D eigenvalue weighted by Crippen LogP contribution is -2.44. The minimum atomic E-state index is -0.771. The molecule has 0 bridgehead atoms. The maximum atomic E-state index is 13.4. The van der Waals surface area contributed by atoms with E-state index in [2.05, 4.69) is 60.1 Å². The van der Waals surface area contributed by atoms with Gasteiger partial charge >= 0.3 is 11.8 Å². The van der Waals surface area contributed by atoms with Crippen molar-refractivity contribution in [3.05, 3.63) is 53.6 Å². The lowest BCUT2D eigenvalue weighted by Gasteiger charge is -2.36. The third-order valence-electron chi connectivity index (χ3n) is 9.84. The van der Waals surface area contributed by atoms with E-state index in [0.29, 0.717) is 37.7 Å². The van der Waals surface area contributed by atoms with Gasteiger partial charge in [-0.25, -0.2) is 4.58 Å². The molecule has 6 rings (SSSR count). The zero-order valence-corrected chi connectivity index (χ0v) is 27.1. The van der Waals surface area contributed by atoms with Crippen LogP contribution in [-0.4, -0.2) is 73.8 Å². The van der Waals surface area contributed by atoms with E-state index >= 15 is 0 Å². The number of rotatable bonds is 9. The molecule has 2 aliphatic heterocycles. The molecule has 2 aliphatic rings. The Bertz CT molecular complexity index is 1850. The molecule has 240 valence electrons. The molecular formula is C35H42N7O4+. The molecule has 1 saturated heterocycles. The smallest absolute Gasteiger partial charge is 0.335 e. The van der Waals surface area contributed by atoms with Crippen molar-refractivity contribution in [3.63, 3.8) is 0 Å². The SMILES string of the molecule is CCc1cccc2c3c([nH]c12)C(CC)(CC(=O)OCn1ccc2c(/[N+](C)=C\C4CN(C(=O)CC#N)CC[C@H]4C)ncnc21)OCC3. The number of nitrogens with one attached hydrogen (secondary N) is 1. The first kappa shape index (κ1) is 31.4. The predicted molar refractivity (Wildman–Crippen MR) is 174 cm³/mol. The first-order valence-electron chi connectivity index (χ1n) is 16.2. The molecule has 3 atom stereocenters. The van der Waals surface area contributed by atoms with Crippen LogP contribution < -0.4 is 0 Å². The number of aryl methyl sites for hydroxylation is 1. The Hall–Kier alpha value is -4.56. The largest absolute Gasteiger partial charge is 0.444 e. The van der Waals surface area contributed by atoms with Crippen molar-refractivity contribution in [1.82, 2.24) is 24.4 Å². The Morgan fingerprint density at radius 2 is 2.11 bits per heavy atom. The Morgan fingerprint density at radius 3 is 2.89 bits per heavy atom. The number of hydrogen-bond donors (Lipinski definition) is 1. The average molecular weight is 625 g/mol. The molecule has 1 aromatic carbocycles. The van der Waals surface area contributed by atoms with Gasteiger partial charge in [0.25, 0.3) is 0 Å². The summed E-state index contributed by atoms with van der Waals surface area (Å²) in [6.07, 6.45) is 8.71. The van der Waals surface area contributed by atoms with E-state index in [1.807, 2.05) is 30.0 Å². The average Bonchev–Trinajstić information content (AvgIpc) is 3.67. The Balaban J connectivity index is 1.18. The molecular weight excluding hydrogens is 582 g/mol. The number of ether oxygens (including phenoxy) is 2. The number of carbonyl (C=O) groups excluding carboxylic acids is 2. The number of fused-ring (bicyclic) bond motifs is 4. The highest BCUT2D eigenvalue weighted by atomic mass is 16.5. The van der Waals surface area contributed by atoms with Crippen molar-refractivity contribution in [1.29, 1.82) is 5.26 Å². The number of para-hydroxylation sites is 1. The van der Waals surface area contributed by atoms with Gasteiger partial charge in [-0.1, -0.05) is 39.0 Å². The number of nitrogens with zero attached hydrogens (tertiary/aromatic N) is 6. The van der Waals surface area contributed by atoms with Gasteiger partial charge in [0.05, 0.1) is 38.1 Å². The van der Waals surface area contributed by atoms with Gasteiger partial charge in [0, 0.05) is 36.1 Å². The van der Waals surface area contributed by atoms with Gasteiger partial charge in [0.15, 0.2) is 12.4 Å². The first-order chi connectivity index (χ1) is 22.3. The van der Waals surface area contributed by atoms with E-state index in [1.54, 1.807) is 9.47 Å². The molecule has 4 aromatic rings. The van der Waals surface area contributed by atoms with E-state index in [4.69, 9.17) is 14.7 Å². The molecule has 1 amide bonds. The monoisotopic (exact) mass is 624 g/mol. The fourth-order valence-electron chi connectivity index (χ4n) is 7.10. The molecule has 11 nitrogen and oxygen atoms in total. The van der Waals surface area contributed by atoms with Crippen LogP contribution in [-0.2, 0) is 44.2 Å². The van der Waals surface area contributed by atoms with Crippen LogP contribution in [0.3, 0.4) is 0 Å². The summed E-state index contributed by atoms with van der Waals surface area (Å²) >= 11 is 0. The van der Waals surface area contributed by atoms with E-state index in [-0.39, 0.29) is 37.4 Å². The van der Waals surface area contributed by atoms with Crippen molar-refractivity contribution < 1.29 is 23.6 Å². The van der Waals surface area contributed by atoms with Crippen LogP contribution in [0, 0.1) is 23.2 Å². The Labute approximate surface area is 268 Å². The lowest BCUT2D eigenvalue weighted by molar-refractivity contribution is -0.405. The van der Waals surface area contributed by atoms with Gasteiger partial charge in [-0.15, -0.1) is 0 Å². The van der Waals surface area contributed by atoms with Crippen LogP contribution >= 0.6 is 0 Å².